The van der Waals surface area contributed by atoms with Crippen LogP contribution in [-0.2, 0) is 19.6 Å². The van der Waals surface area contributed by atoms with Crippen molar-refractivity contribution in [2.45, 2.75) is 27.2 Å². The Morgan fingerprint density at radius 1 is 1.38 bits per heavy atom. The summed E-state index contributed by atoms with van der Waals surface area (Å²) in [7, 11) is -1.96. The SMILES string of the molecule is CCN(CCC(=O)OC)S(=O)(=O)CC(C)C. The molecule has 0 heterocycles. The molecule has 0 aliphatic carbocycles. The Hall–Kier alpha value is -0.620. The third-order valence-corrected chi connectivity index (χ3v) is 4.40. The molecule has 16 heavy (non-hydrogen) atoms. The Morgan fingerprint density at radius 2 is 1.94 bits per heavy atom. The van der Waals surface area contributed by atoms with Gasteiger partial charge >= 0.3 is 5.97 Å². The topological polar surface area (TPSA) is 63.7 Å². The molecule has 96 valence electrons. The van der Waals surface area contributed by atoms with Crippen molar-refractivity contribution in [3.05, 3.63) is 0 Å². The van der Waals surface area contributed by atoms with E-state index in [1.165, 1.54) is 11.4 Å². The normalized spacial score (nSPS) is 12.1. The molecule has 0 N–H and O–H groups in total. The summed E-state index contributed by atoms with van der Waals surface area (Å²) in [5.41, 5.74) is 0. The van der Waals surface area contributed by atoms with Crippen molar-refractivity contribution in [3.8, 4) is 0 Å². The van der Waals surface area contributed by atoms with Crippen molar-refractivity contribution in [1.82, 2.24) is 4.31 Å². The number of rotatable bonds is 7. The number of ether oxygens (including phenoxy) is 1. The summed E-state index contributed by atoms with van der Waals surface area (Å²) in [4.78, 5) is 10.9. The lowest BCUT2D eigenvalue weighted by atomic mass is 10.3. The smallest absolute Gasteiger partial charge is 0.306 e. The number of esters is 1. The van der Waals surface area contributed by atoms with Gasteiger partial charge < -0.3 is 4.74 Å². The molecule has 0 aliphatic heterocycles. The average molecular weight is 251 g/mol. The molecule has 0 radical (unpaired) electrons. The quantitative estimate of drug-likeness (QED) is 0.629. The van der Waals surface area contributed by atoms with Crippen molar-refractivity contribution in [2.24, 2.45) is 5.92 Å². The highest BCUT2D eigenvalue weighted by Gasteiger charge is 2.22. The highest BCUT2D eigenvalue weighted by Crippen LogP contribution is 2.07. The van der Waals surface area contributed by atoms with Crippen LogP contribution >= 0.6 is 0 Å². The van der Waals surface area contributed by atoms with Gasteiger partial charge in [0.05, 0.1) is 19.3 Å². The summed E-state index contributed by atoms with van der Waals surface area (Å²) >= 11 is 0. The Labute approximate surface area is 97.8 Å². The number of nitrogens with zero attached hydrogens (tertiary/aromatic N) is 1. The Kier molecular flexibility index (Phi) is 6.59. The van der Waals surface area contributed by atoms with E-state index in [9.17, 15) is 13.2 Å². The van der Waals surface area contributed by atoms with Gasteiger partial charge in [0.1, 0.15) is 0 Å². The first-order valence-corrected chi connectivity index (χ1v) is 6.99. The van der Waals surface area contributed by atoms with E-state index in [1.54, 1.807) is 6.92 Å². The van der Waals surface area contributed by atoms with Gasteiger partial charge in [0.15, 0.2) is 0 Å². The molecular weight excluding hydrogens is 230 g/mol. The lowest BCUT2D eigenvalue weighted by Gasteiger charge is -2.20. The first-order chi connectivity index (χ1) is 7.33. The Morgan fingerprint density at radius 3 is 2.31 bits per heavy atom. The van der Waals surface area contributed by atoms with Gasteiger partial charge in [-0.15, -0.1) is 0 Å². The molecule has 0 aromatic rings. The summed E-state index contributed by atoms with van der Waals surface area (Å²) in [6.45, 7) is 6.04. The van der Waals surface area contributed by atoms with Crippen LogP contribution in [0, 0.1) is 5.92 Å². The van der Waals surface area contributed by atoms with Crippen LogP contribution < -0.4 is 0 Å². The first-order valence-electron chi connectivity index (χ1n) is 5.38. The number of hydrogen-bond donors (Lipinski definition) is 0. The maximum absolute atomic E-state index is 11.8. The van der Waals surface area contributed by atoms with E-state index in [0.717, 1.165) is 0 Å². The van der Waals surface area contributed by atoms with Crippen molar-refractivity contribution in [2.75, 3.05) is 26.0 Å². The zero-order valence-corrected chi connectivity index (χ0v) is 11.2. The van der Waals surface area contributed by atoms with Gasteiger partial charge in [0.25, 0.3) is 0 Å². The fraction of sp³-hybridized carbons (Fsp3) is 0.900. The zero-order valence-electron chi connectivity index (χ0n) is 10.4. The molecule has 0 aromatic carbocycles. The van der Waals surface area contributed by atoms with Crippen LogP contribution in [0.15, 0.2) is 0 Å². The van der Waals surface area contributed by atoms with Gasteiger partial charge in [-0.3, -0.25) is 4.79 Å². The highest BCUT2D eigenvalue weighted by molar-refractivity contribution is 7.89. The molecule has 6 heteroatoms. The molecule has 0 aromatic heterocycles. The zero-order chi connectivity index (χ0) is 12.8. The third kappa shape index (κ3) is 5.46. The highest BCUT2D eigenvalue weighted by atomic mass is 32.2. The minimum Gasteiger partial charge on any atom is -0.469 e. The van der Waals surface area contributed by atoms with E-state index in [-0.39, 0.29) is 24.6 Å². The van der Waals surface area contributed by atoms with Crippen LogP contribution in [0.25, 0.3) is 0 Å². The third-order valence-electron chi connectivity index (χ3n) is 2.08. The molecule has 0 unspecified atom stereocenters. The summed E-state index contributed by atoms with van der Waals surface area (Å²) in [5, 5.41) is 0. The average Bonchev–Trinajstić information content (AvgIpc) is 2.15. The Balaban J connectivity index is 4.43. The molecular formula is C10H21NO4S. The summed E-state index contributed by atoms with van der Waals surface area (Å²) < 4.78 is 29.5. The van der Waals surface area contributed by atoms with Crippen LogP contribution in [0.4, 0.5) is 0 Å². The monoisotopic (exact) mass is 251 g/mol. The second kappa shape index (κ2) is 6.85. The predicted octanol–water partition coefficient (Wildman–Crippen LogP) is 0.857. The molecule has 0 spiro atoms. The van der Waals surface area contributed by atoms with Gasteiger partial charge in [-0.1, -0.05) is 20.8 Å². The molecule has 0 rings (SSSR count). The minimum absolute atomic E-state index is 0.0807. The van der Waals surface area contributed by atoms with Gasteiger partial charge in [0.2, 0.25) is 10.0 Å². The van der Waals surface area contributed by atoms with Crippen molar-refractivity contribution < 1.29 is 17.9 Å². The van der Waals surface area contributed by atoms with E-state index in [2.05, 4.69) is 4.74 Å². The summed E-state index contributed by atoms with van der Waals surface area (Å²) in [5.74, 6) is -0.197. The van der Waals surface area contributed by atoms with Crippen LogP contribution in [-0.4, -0.2) is 44.6 Å². The standard InChI is InChI=1S/C10H21NO4S/c1-5-11(7-6-10(12)15-4)16(13,14)8-9(2)3/h9H,5-8H2,1-4H3. The Bertz CT molecular complexity index is 311. The first kappa shape index (κ1) is 15.4. The number of sulfonamides is 1. The van der Waals surface area contributed by atoms with E-state index in [1.807, 2.05) is 13.8 Å². The van der Waals surface area contributed by atoms with E-state index < -0.39 is 16.0 Å². The number of methoxy groups -OCH3 is 1. The molecule has 0 aliphatic rings. The maximum atomic E-state index is 11.8. The molecule has 0 atom stereocenters. The molecule has 0 amide bonds. The molecule has 0 saturated heterocycles. The second-order valence-corrected chi connectivity index (χ2v) is 6.00. The van der Waals surface area contributed by atoms with Crippen LogP contribution in [0.2, 0.25) is 0 Å². The van der Waals surface area contributed by atoms with E-state index in [4.69, 9.17) is 0 Å². The van der Waals surface area contributed by atoms with Gasteiger partial charge in [-0.25, -0.2) is 12.7 Å². The second-order valence-electron chi connectivity index (χ2n) is 3.99. The van der Waals surface area contributed by atoms with Crippen LogP contribution in [0.1, 0.15) is 27.2 Å². The van der Waals surface area contributed by atoms with Gasteiger partial charge in [0, 0.05) is 13.1 Å². The van der Waals surface area contributed by atoms with Crippen molar-refractivity contribution in [3.63, 3.8) is 0 Å². The fourth-order valence-corrected chi connectivity index (χ4v) is 3.15. The van der Waals surface area contributed by atoms with Gasteiger partial charge in [-0.2, -0.15) is 0 Å². The van der Waals surface area contributed by atoms with Crippen molar-refractivity contribution in [1.29, 1.82) is 0 Å². The minimum atomic E-state index is -3.25. The largest absolute Gasteiger partial charge is 0.469 e. The number of carbonyl (C=O) groups is 1. The predicted molar refractivity (Wildman–Crippen MR) is 62.5 cm³/mol. The molecule has 0 saturated carbocycles. The number of hydrogen-bond acceptors (Lipinski definition) is 4. The van der Waals surface area contributed by atoms with Gasteiger partial charge in [-0.05, 0) is 5.92 Å². The van der Waals surface area contributed by atoms with Crippen molar-refractivity contribution >= 4 is 16.0 Å². The summed E-state index contributed by atoms with van der Waals surface area (Å²) in [6, 6.07) is 0. The lowest BCUT2D eigenvalue weighted by molar-refractivity contribution is -0.140. The molecule has 0 bridgehead atoms. The van der Waals surface area contributed by atoms with Crippen LogP contribution in [0.5, 0.6) is 0 Å². The number of carbonyl (C=O) groups excluding carboxylic acids is 1. The summed E-state index contributed by atoms with van der Waals surface area (Å²) in [6.07, 6.45) is 0.0989. The van der Waals surface area contributed by atoms with E-state index >= 15 is 0 Å². The maximum Gasteiger partial charge on any atom is 0.306 e. The fourth-order valence-electron chi connectivity index (χ4n) is 1.34. The molecule has 5 nitrogen and oxygen atoms in total. The van der Waals surface area contributed by atoms with E-state index in [0.29, 0.717) is 6.54 Å². The molecule has 0 fully saturated rings. The van der Waals surface area contributed by atoms with Crippen LogP contribution in [0.3, 0.4) is 0 Å². The lowest BCUT2D eigenvalue weighted by Crippen LogP contribution is -2.36.